The lowest BCUT2D eigenvalue weighted by Crippen LogP contribution is -2.25. The van der Waals surface area contributed by atoms with Crippen molar-refractivity contribution < 1.29 is 37.0 Å². The van der Waals surface area contributed by atoms with E-state index in [-0.39, 0.29) is 38.2 Å². The molecular weight excluding hydrogens is 305 g/mol. The van der Waals surface area contributed by atoms with Crippen LogP contribution >= 0.6 is 0 Å². The lowest BCUT2D eigenvalue weighted by Gasteiger charge is -2.20. The van der Waals surface area contributed by atoms with Crippen LogP contribution in [0.5, 0.6) is 0 Å². The summed E-state index contributed by atoms with van der Waals surface area (Å²) >= 11 is 0. The molecular formula is C14H15F3O5. The number of aliphatic hydroxyl groups excluding tert-OH is 1. The van der Waals surface area contributed by atoms with Crippen LogP contribution in [-0.2, 0) is 17.3 Å². The van der Waals surface area contributed by atoms with Gasteiger partial charge in [-0.1, -0.05) is 0 Å². The van der Waals surface area contributed by atoms with Gasteiger partial charge in [-0.15, -0.1) is 0 Å². The standard InChI is InChI=1S/C14H15F3O5/c1-2-21-13(20)12-10(14(15,16)17)9-8(22-12)4-3-7(5-6-18)11(9)19/h7,18H,2-6H2,1H3. The van der Waals surface area contributed by atoms with Crippen molar-refractivity contribution in [1.82, 2.24) is 0 Å². The number of ether oxygens (including phenoxy) is 1. The summed E-state index contributed by atoms with van der Waals surface area (Å²) in [6.45, 7) is 1.05. The first-order valence-corrected chi connectivity index (χ1v) is 6.86. The SMILES string of the molecule is CCOC(=O)c1oc2c(c1C(F)(F)F)C(=O)C(CCO)CC2. The topological polar surface area (TPSA) is 76.7 Å². The Balaban J connectivity index is 2.55. The minimum absolute atomic E-state index is 0.0789. The molecule has 1 aromatic heterocycles. The van der Waals surface area contributed by atoms with Gasteiger partial charge in [-0.05, 0) is 19.8 Å². The maximum atomic E-state index is 13.3. The van der Waals surface area contributed by atoms with Crippen LogP contribution in [0.15, 0.2) is 4.42 Å². The summed E-state index contributed by atoms with van der Waals surface area (Å²) in [5, 5.41) is 8.90. The van der Waals surface area contributed by atoms with E-state index in [9.17, 15) is 22.8 Å². The van der Waals surface area contributed by atoms with E-state index in [1.807, 2.05) is 0 Å². The van der Waals surface area contributed by atoms with Crippen LogP contribution in [0.25, 0.3) is 0 Å². The van der Waals surface area contributed by atoms with E-state index in [1.165, 1.54) is 6.92 Å². The number of esters is 1. The molecule has 0 saturated heterocycles. The Morgan fingerprint density at radius 2 is 2.14 bits per heavy atom. The van der Waals surface area contributed by atoms with Gasteiger partial charge in [0.15, 0.2) is 5.78 Å². The van der Waals surface area contributed by atoms with E-state index < -0.39 is 40.7 Å². The summed E-state index contributed by atoms with van der Waals surface area (Å²) in [5.41, 5.74) is -1.96. The van der Waals surface area contributed by atoms with Gasteiger partial charge in [0.2, 0.25) is 5.76 Å². The molecule has 0 saturated carbocycles. The van der Waals surface area contributed by atoms with Gasteiger partial charge in [-0.3, -0.25) is 4.79 Å². The number of carbonyl (C=O) groups is 2. The molecule has 22 heavy (non-hydrogen) atoms. The van der Waals surface area contributed by atoms with Crippen molar-refractivity contribution in [1.29, 1.82) is 0 Å². The molecule has 0 bridgehead atoms. The van der Waals surface area contributed by atoms with Gasteiger partial charge in [0.25, 0.3) is 0 Å². The molecule has 2 rings (SSSR count). The number of alkyl halides is 3. The largest absolute Gasteiger partial charge is 0.460 e. The number of hydrogen-bond donors (Lipinski definition) is 1. The number of hydrogen-bond acceptors (Lipinski definition) is 5. The van der Waals surface area contributed by atoms with Gasteiger partial charge in [0.05, 0.1) is 12.2 Å². The summed E-state index contributed by atoms with van der Waals surface area (Å²) in [6.07, 6.45) is -4.45. The van der Waals surface area contributed by atoms with Crippen LogP contribution < -0.4 is 0 Å². The van der Waals surface area contributed by atoms with Gasteiger partial charge < -0.3 is 14.3 Å². The second-order valence-electron chi connectivity index (χ2n) is 4.93. The normalized spacial score (nSPS) is 18.2. The van der Waals surface area contributed by atoms with Crippen molar-refractivity contribution in [2.45, 2.75) is 32.4 Å². The molecule has 0 aromatic carbocycles. The van der Waals surface area contributed by atoms with Gasteiger partial charge in [0, 0.05) is 18.9 Å². The molecule has 5 nitrogen and oxygen atoms in total. The highest BCUT2D eigenvalue weighted by Crippen LogP contribution is 2.42. The van der Waals surface area contributed by atoms with Crippen LogP contribution in [0.4, 0.5) is 13.2 Å². The zero-order valence-electron chi connectivity index (χ0n) is 11.8. The molecule has 0 fully saturated rings. The molecule has 1 aromatic rings. The number of halogens is 3. The van der Waals surface area contributed by atoms with Gasteiger partial charge in [-0.2, -0.15) is 13.2 Å². The van der Waals surface area contributed by atoms with Crippen LogP contribution in [0, 0.1) is 5.92 Å². The van der Waals surface area contributed by atoms with Crippen LogP contribution in [0.1, 0.15) is 52.0 Å². The summed E-state index contributed by atoms with van der Waals surface area (Å²) in [4.78, 5) is 23.9. The minimum Gasteiger partial charge on any atom is -0.460 e. The van der Waals surface area contributed by atoms with Crippen molar-refractivity contribution in [2.24, 2.45) is 5.92 Å². The molecule has 1 atom stereocenters. The molecule has 1 aliphatic carbocycles. The highest BCUT2D eigenvalue weighted by atomic mass is 19.4. The quantitative estimate of drug-likeness (QED) is 0.863. The number of furan rings is 1. The third-order valence-corrected chi connectivity index (χ3v) is 3.54. The zero-order chi connectivity index (χ0) is 16.5. The summed E-state index contributed by atoms with van der Waals surface area (Å²) in [6, 6.07) is 0. The Kier molecular flexibility index (Phi) is 4.60. The first-order valence-electron chi connectivity index (χ1n) is 6.86. The van der Waals surface area contributed by atoms with E-state index in [4.69, 9.17) is 9.52 Å². The maximum absolute atomic E-state index is 13.3. The predicted molar refractivity (Wildman–Crippen MR) is 67.5 cm³/mol. The fourth-order valence-corrected chi connectivity index (χ4v) is 2.60. The maximum Gasteiger partial charge on any atom is 0.421 e. The van der Waals surface area contributed by atoms with E-state index in [0.717, 1.165) is 0 Å². The second kappa shape index (κ2) is 6.12. The highest BCUT2D eigenvalue weighted by molar-refractivity contribution is 6.04. The van der Waals surface area contributed by atoms with Crippen LogP contribution in [0.3, 0.4) is 0 Å². The van der Waals surface area contributed by atoms with E-state index in [2.05, 4.69) is 4.74 Å². The van der Waals surface area contributed by atoms with Crippen molar-refractivity contribution in [3.8, 4) is 0 Å². The summed E-state index contributed by atoms with van der Waals surface area (Å²) in [7, 11) is 0. The number of aliphatic hydroxyl groups is 1. The first-order chi connectivity index (χ1) is 10.3. The Hall–Kier alpha value is -1.83. The minimum atomic E-state index is -4.91. The molecule has 1 unspecified atom stereocenters. The molecule has 0 amide bonds. The van der Waals surface area contributed by atoms with Crippen LogP contribution in [-0.4, -0.2) is 30.1 Å². The molecule has 122 valence electrons. The summed E-state index contributed by atoms with van der Waals surface area (Å²) in [5.74, 6) is -3.81. The third kappa shape index (κ3) is 2.87. The average molecular weight is 320 g/mol. The van der Waals surface area contributed by atoms with E-state index in [1.54, 1.807) is 0 Å². The van der Waals surface area contributed by atoms with Gasteiger partial charge in [0.1, 0.15) is 11.3 Å². The highest BCUT2D eigenvalue weighted by Gasteiger charge is 2.47. The molecule has 1 heterocycles. The van der Waals surface area contributed by atoms with E-state index >= 15 is 0 Å². The molecule has 0 spiro atoms. The molecule has 1 aliphatic rings. The number of ketones is 1. The number of rotatable bonds is 4. The van der Waals surface area contributed by atoms with Crippen molar-refractivity contribution in [3.63, 3.8) is 0 Å². The molecule has 0 radical (unpaired) electrons. The Labute approximate surface area is 124 Å². The average Bonchev–Trinajstić information content (AvgIpc) is 2.83. The lowest BCUT2D eigenvalue weighted by atomic mass is 9.83. The van der Waals surface area contributed by atoms with Gasteiger partial charge >= 0.3 is 12.1 Å². The van der Waals surface area contributed by atoms with Crippen LogP contribution in [0.2, 0.25) is 0 Å². The number of aryl methyl sites for hydroxylation is 1. The Morgan fingerprint density at radius 1 is 1.45 bits per heavy atom. The predicted octanol–water partition coefficient (Wildman–Crippen LogP) is 2.60. The number of Topliss-reactive ketones (excluding diaryl/α,β-unsaturated/α-hetero) is 1. The third-order valence-electron chi connectivity index (χ3n) is 3.54. The van der Waals surface area contributed by atoms with Crippen molar-refractivity contribution in [2.75, 3.05) is 13.2 Å². The van der Waals surface area contributed by atoms with Crippen molar-refractivity contribution in [3.05, 3.63) is 22.6 Å². The first kappa shape index (κ1) is 16.5. The Bertz CT molecular complexity index is 588. The molecule has 8 heteroatoms. The zero-order valence-corrected chi connectivity index (χ0v) is 11.8. The Morgan fingerprint density at radius 3 is 2.68 bits per heavy atom. The van der Waals surface area contributed by atoms with Gasteiger partial charge in [-0.25, -0.2) is 4.79 Å². The smallest absolute Gasteiger partial charge is 0.421 e. The molecule has 1 N–H and O–H groups in total. The summed E-state index contributed by atoms with van der Waals surface area (Å²) < 4.78 is 49.4. The lowest BCUT2D eigenvalue weighted by molar-refractivity contribution is -0.138. The molecule has 0 aliphatic heterocycles. The fourth-order valence-electron chi connectivity index (χ4n) is 2.60. The second-order valence-corrected chi connectivity index (χ2v) is 4.93. The van der Waals surface area contributed by atoms with E-state index in [0.29, 0.717) is 0 Å². The fraction of sp³-hybridized carbons (Fsp3) is 0.571. The number of carbonyl (C=O) groups excluding carboxylic acids is 2. The van der Waals surface area contributed by atoms with Crippen molar-refractivity contribution >= 4 is 11.8 Å². The number of fused-ring (bicyclic) bond motifs is 1. The monoisotopic (exact) mass is 320 g/mol.